The smallest absolute Gasteiger partial charge is 0.327 e. The molecule has 1 amide bonds. The Bertz CT molecular complexity index is 283. The van der Waals surface area contributed by atoms with Crippen molar-refractivity contribution in [3.05, 3.63) is 0 Å². The van der Waals surface area contributed by atoms with Gasteiger partial charge in [0.2, 0.25) is 5.91 Å². The van der Waals surface area contributed by atoms with E-state index in [1.807, 2.05) is 6.92 Å². The Kier molecular flexibility index (Phi) is 6.97. The first kappa shape index (κ1) is 14.5. The van der Waals surface area contributed by atoms with E-state index in [0.717, 1.165) is 6.54 Å². The third-order valence-electron chi connectivity index (χ3n) is 2.08. The first-order chi connectivity index (χ1) is 7.52. The van der Waals surface area contributed by atoms with Gasteiger partial charge in [-0.05, 0) is 6.54 Å². The number of hydrogen-bond donors (Lipinski definition) is 3. The molecule has 0 aromatic carbocycles. The summed E-state index contributed by atoms with van der Waals surface area (Å²) < 4.78 is 0. The second kappa shape index (κ2) is 7.71. The van der Waals surface area contributed by atoms with Crippen LogP contribution in [0.5, 0.6) is 0 Å². The number of carbonyl (C=O) groups excluding carboxylic acids is 1. The standard InChI is InChI=1S/C11H18N2O3/c1-4-6-9(11(15)16)13-10(14)8(3)7-12-5-2/h1,8-9,12H,5-7H2,2-3H3,(H,13,14)(H,15,16). The summed E-state index contributed by atoms with van der Waals surface area (Å²) in [4.78, 5) is 22.3. The molecule has 3 N–H and O–H groups in total. The molecule has 5 heteroatoms. The molecular weight excluding hydrogens is 208 g/mol. The van der Waals surface area contributed by atoms with Crippen LogP contribution in [0.15, 0.2) is 0 Å². The van der Waals surface area contributed by atoms with Crippen LogP contribution in [0.3, 0.4) is 0 Å². The van der Waals surface area contributed by atoms with Crippen molar-refractivity contribution in [1.82, 2.24) is 10.6 Å². The lowest BCUT2D eigenvalue weighted by Gasteiger charge is -2.16. The monoisotopic (exact) mass is 226 g/mol. The van der Waals surface area contributed by atoms with Gasteiger partial charge in [0.25, 0.3) is 0 Å². The van der Waals surface area contributed by atoms with E-state index in [9.17, 15) is 9.59 Å². The number of carbonyl (C=O) groups is 2. The first-order valence-corrected chi connectivity index (χ1v) is 5.20. The van der Waals surface area contributed by atoms with E-state index in [1.54, 1.807) is 6.92 Å². The molecule has 0 aromatic heterocycles. The van der Waals surface area contributed by atoms with E-state index in [1.165, 1.54) is 0 Å². The fraction of sp³-hybridized carbons (Fsp3) is 0.636. The highest BCUT2D eigenvalue weighted by Crippen LogP contribution is 1.97. The second-order valence-corrected chi connectivity index (χ2v) is 3.52. The molecule has 0 radical (unpaired) electrons. The van der Waals surface area contributed by atoms with Gasteiger partial charge in [-0.2, -0.15) is 0 Å². The number of amides is 1. The van der Waals surface area contributed by atoms with E-state index < -0.39 is 12.0 Å². The van der Waals surface area contributed by atoms with Gasteiger partial charge in [-0.25, -0.2) is 4.79 Å². The quantitative estimate of drug-likeness (QED) is 0.526. The fourth-order valence-electron chi connectivity index (χ4n) is 1.09. The molecule has 0 rings (SSSR count). The molecule has 0 aromatic rings. The van der Waals surface area contributed by atoms with Crippen molar-refractivity contribution < 1.29 is 14.7 Å². The highest BCUT2D eigenvalue weighted by Gasteiger charge is 2.21. The molecule has 2 atom stereocenters. The van der Waals surface area contributed by atoms with Gasteiger partial charge in [-0.3, -0.25) is 4.79 Å². The van der Waals surface area contributed by atoms with Crippen molar-refractivity contribution in [3.8, 4) is 12.3 Å². The van der Waals surface area contributed by atoms with E-state index in [0.29, 0.717) is 6.54 Å². The molecule has 90 valence electrons. The third kappa shape index (κ3) is 5.37. The molecule has 0 spiro atoms. The molecule has 0 saturated heterocycles. The van der Waals surface area contributed by atoms with Crippen molar-refractivity contribution in [2.24, 2.45) is 5.92 Å². The topological polar surface area (TPSA) is 78.4 Å². The maximum absolute atomic E-state index is 11.6. The van der Waals surface area contributed by atoms with Crippen LogP contribution in [0, 0.1) is 18.3 Å². The van der Waals surface area contributed by atoms with Crippen molar-refractivity contribution in [3.63, 3.8) is 0 Å². The molecular formula is C11H18N2O3. The highest BCUT2D eigenvalue weighted by atomic mass is 16.4. The van der Waals surface area contributed by atoms with Gasteiger partial charge in [0.1, 0.15) is 6.04 Å². The number of aliphatic carboxylic acids is 1. The van der Waals surface area contributed by atoms with Crippen molar-refractivity contribution >= 4 is 11.9 Å². The zero-order chi connectivity index (χ0) is 12.6. The molecule has 0 heterocycles. The minimum absolute atomic E-state index is 0.00496. The number of nitrogens with one attached hydrogen (secondary N) is 2. The second-order valence-electron chi connectivity index (χ2n) is 3.52. The van der Waals surface area contributed by atoms with Gasteiger partial charge in [-0.15, -0.1) is 12.3 Å². The maximum atomic E-state index is 11.6. The van der Waals surface area contributed by atoms with Crippen LogP contribution in [0.1, 0.15) is 20.3 Å². The maximum Gasteiger partial charge on any atom is 0.327 e. The van der Waals surface area contributed by atoms with Gasteiger partial charge in [-0.1, -0.05) is 13.8 Å². The molecule has 5 nitrogen and oxygen atoms in total. The van der Waals surface area contributed by atoms with Gasteiger partial charge in [0.15, 0.2) is 0 Å². The summed E-state index contributed by atoms with van der Waals surface area (Å²) in [7, 11) is 0. The van der Waals surface area contributed by atoms with E-state index in [-0.39, 0.29) is 18.2 Å². The molecule has 0 aliphatic rings. The summed E-state index contributed by atoms with van der Waals surface area (Å²) in [5.41, 5.74) is 0. The van der Waals surface area contributed by atoms with Gasteiger partial charge in [0.05, 0.1) is 0 Å². The lowest BCUT2D eigenvalue weighted by atomic mass is 10.1. The minimum atomic E-state index is -1.11. The highest BCUT2D eigenvalue weighted by molar-refractivity contribution is 5.85. The average Bonchev–Trinajstić information content (AvgIpc) is 2.24. The van der Waals surface area contributed by atoms with E-state index in [4.69, 9.17) is 11.5 Å². The van der Waals surface area contributed by atoms with E-state index >= 15 is 0 Å². The zero-order valence-corrected chi connectivity index (χ0v) is 9.62. The third-order valence-corrected chi connectivity index (χ3v) is 2.08. The number of hydrogen-bond acceptors (Lipinski definition) is 3. The largest absolute Gasteiger partial charge is 0.480 e. The SMILES string of the molecule is C#CCC(NC(=O)C(C)CNCC)C(=O)O. The molecule has 16 heavy (non-hydrogen) atoms. The van der Waals surface area contributed by atoms with Crippen LogP contribution in [0.2, 0.25) is 0 Å². The number of terminal acetylenes is 1. The zero-order valence-electron chi connectivity index (χ0n) is 9.62. The molecule has 0 aliphatic carbocycles. The molecule has 2 unspecified atom stereocenters. The summed E-state index contributed by atoms with van der Waals surface area (Å²) >= 11 is 0. The van der Waals surface area contributed by atoms with Crippen LogP contribution in [-0.2, 0) is 9.59 Å². The molecule has 0 bridgehead atoms. The molecule has 0 saturated carbocycles. The van der Waals surface area contributed by atoms with E-state index in [2.05, 4.69) is 16.6 Å². The number of carboxylic acids is 1. The fourth-order valence-corrected chi connectivity index (χ4v) is 1.09. The first-order valence-electron chi connectivity index (χ1n) is 5.20. The molecule has 0 fully saturated rings. The summed E-state index contributed by atoms with van der Waals surface area (Å²) in [5, 5.41) is 14.2. The van der Waals surface area contributed by atoms with Gasteiger partial charge in [0, 0.05) is 18.9 Å². The predicted molar refractivity (Wildman–Crippen MR) is 60.7 cm³/mol. The summed E-state index contributed by atoms with van der Waals surface area (Å²) in [6.45, 7) is 4.95. The van der Waals surface area contributed by atoms with Crippen molar-refractivity contribution in [1.29, 1.82) is 0 Å². The molecule has 0 aliphatic heterocycles. The summed E-state index contributed by atoms with van der Waals surface area (Å²) in [6, 6.07) is -0.999. The normalized spacial score (nSPS) is 13.6. The summed E-state index contributed by atoms with van der Waals surface area (Å²) in [6.07, 6.45) is 5.02. The van der Waals surface area contributed by atoms with Crippen LogP contribution < -0.4 is 10.6 Å². The number of carboxylic acid groups (broad SMARTS) is 1. The lowest BCUT2D eigenvalue weighted by Crippen LogP contribution is -2.44. The van der Waals surface area contributed by atoms with Gasteiger partial charge >= 0.3 is 5.97 Å². The van der Waals surface area contributed by atoms with Gasteiger partial charge < -0.3 is 15.7 Å². The van der Waals surface area contributed by atoms with Crippen LogP contribution in [-0.4, -0.2) is 36.1 Å². The Morgan fingerprint density at radius 1 is 1.50 bits per heavy atom. The Morgan fingerprint density at radius 3 is 2.56 bits per heavy atom. The summed E-state index contributed by atoms with van der Waals surface area (Å²) in [5.74, 6) is 0.536. The van der Waals surface area contributed by atoms with Crippen LogP contribution in [0.4, 0.5) is 0 Å². The average molecular weight is 226 g/mol. The van der Waals surface area contributed by atoms with Crippen molar-refractivity contribution in [2.75, 3.05) is 13.1 Å². The Balaban J connectivity index is 4.18. The lowest BCUT2D eigenvalue weighted by molar-refractivity contribution is -0.142. The Hall–Kier alpha value is -1.54. The number of rotatable bonds is 7. The Labute approximate surface area is 95.6 Å². The van der Waals surface area contributed by atoms with Crippen LogP contribution in [0.25, 0.3) is 0 Å². The Morgan fingerprint density at radius 2 is 2.12 bits per heavy atom. The predicted octanol–water partition coefficient (Wildman–Crippen LogP) is -0.175. The minimum Gasteiger partial charge on any atom is -0.480 e. The van der Waals surface area contributed by atoms with Crippen molar-refractivity contribution in [2.45, 2.75) is 26.3 Å². The van der Waals surface area contributed by atoms with Crippen LogP contribution >= 0.6 is 0 Å².